The number of carbonyl (C=O) groups is 2. The number of carbonyl (C=O) groups excluding carboxylic acids is 2. The van der Waals surface area contributed by atoms with Gasteiger partial charge in [0.1, 0.15) is 17.0 Å². The Labute approximate surface area is 181 Å². The van der Waals surface area contributed by atoms with E-state index in [2.05, 4.69) is 10.4 Å². The average Bonchev–Trinajstić information content (AvgIpc) is 2.97. The molecule has 0 radical (unpaired) electrons. The van der Waals surface area contributed by atoms with Gasteiger partial charge in [-0.25, -0.2) is 4.79 Å². The normalized spacial score (nSPS) is 13.6. The fraction of sp³-hybridized carbons (Fsp3) is 0.476. The SMILES string of the molecule is COc1cc(Cl)c(C)cc1NC(=O)c1c2c(nn1C)CCN(C(=O)OC(C)(C)C)C2. The van der Waals surface area contributed by atoms with Crippen molar-refractivity contribution in [1.82, 2.24) is 14.7 Å². The number of fused-ring (bicyclic) bond motifs is 1. The minimum atomic E-state index is -0.588. The summed E-state index contributed by atoms with van der Waals surface area (Å²) in [5.74, 6) is 0.127. The Bertz CT molecular complexity index is 994. The maximum Gasteiger partial charge on any atom is 0.410 e. The van der Waals surface area contributed by atoms with Crippen molar-refractivity contribution in [3.8, 4) is 5.75 Å². The van der Waals surface area contributed by atoms with Gasteiger partial charge < -0.3 is 19.7 Å². The number of hydrogen-bond acceptors (Lipinski definition) is 5. The van der Waals surface area contributed by atoms with Gasteiger partial charge in [0.15, 0.2) is 0 Å². The number of ether oxygens (including phenoxy) is 2. The molecular weight excluding hydrogens is 408 g/mol. The average molecular weight is 435 g/mol. The second-order valence-corrected chi connectivity index (χ2v) is 8.71. The maximum atomic E-state index is 13.1. The zero-order valence-corrected chi connectivity index (χ0v) is 18.9. The molecule has 0 aliphatic carbocycles. The molecule has 0 fully saturated rings. The Hall–Kier alpha value is -2.74. The summed E-state index contributed by atoms with van der Waals surface area (Å²) in [5.41, 5.74) is 2.66. The predicted octanol–water partition coefficient (Wildman–Crippen LogP) is 3.94. The molecule has 9 heteroatoms. The van der Waals surface area contributed by atoms with Crippen molar-refractivity contribution in [2.75, 3.05) is 19.0 Å². The Morgan fingerprint density at radius 2 is 1.97 bits per heavy atom. The zero-order chi connectivity index (χ0) is 22.2. The van der Waals surface area contributed by atoms with Gasteiger partial charge in [-0.05, 0) is 39.3 Å². The first-order valence-electron chi connectivity index (χ1n) is 9.68. The summed E-state index contributed by atoms with van der Waals surface area (Å²) in [5, 5.41) is 7.92. The van der Waals surface area contributed by atoms with Gasteiger partial charge in [-0.15, -0.1) is 0 Å². The first kappa shape index (κ1) is 22.0. The van der Waals surface area contributed by atoms with Crippen LogP contribution in [0.25, 0.3) is 0 Å². The first-order chi connectivity index (χ1) is 14.0. The minimum Gasteiger partial charge on any atom is -0.495 e. The number of methoxy groups -OCH3 is 1. The third-order valence-electron chi connectivity index (χ3n) is 4.79. The van der Waals surface area contributed by atoms with Crippen LogP contribution in [0.15, 0.2) is 12.1 Å². The lowest BCUT2D eigenvalue weighted by molar-refractivity contribution is 0.0222. The van der Waals surface area contributed by atoms with E-state index in [1.807, 2.05) is 27.7 Å². The number of hydrogen-bond donors (Lipinski definition) is 1. The molecule has 2 aromatic rings. The van der Waals surface area contributed by atoms with Crippen LogP contribution in [0.4, 0.5) is 10.5 Å². The van der Waals surface area contributed by atoms with Crippen molar-refractivity contribution in [2.24, 2.45) is 7.05 Å². The molecule has 1 aliphatic heterocycles. The molecule has 1 aliphatic rings. The molecule has 3 rings (SSSR count). The summed E-state index contributed by atoms with van der Waals surface area (Å²) < 4.78 is 12.4. The lowest BCUT2D eigenvalue weighted by atomic mass is 10.0. The molecule has 2 amide bonds. The van der Waals surface area contributed by atoms with E-state index in [-0.39, 0.29) is 12.5 Å². The van der Waals surface area contributed by atoms with E-state index in [4.69, 9.17) is 21.1 Å². The van der Waals surface area contributed by atoms with Crippen LogP contribution in [-0.2, 0) is 24.8 Å². The second-order valence-electron chi connectivity index (χ2n) is 8.31. The van der Waals surface area contributed by atoms with Gasteiger partial charge in [0.05, 0.1) is 25.0 Å². The summed E-state index contributed by atoms with van der Waals surface area (Å²) in [4.78, 5) is 27.2. The molecule has 0 saturated heterocycles. The van der Waals surface area contributed by atoms with Crippen LogP contribution in [0.2, 0.25) is 5.02 Å². The molecule has 0 atom stereocenters. The number of anilines is 1. The van der Waals surface area contributed by atoms with Crippen molar-refractivity contribution in [3.05, 3.63) is 39.7 Å². The largest absolute Gasteiger partial charge is 0.495 e. The highest BCUT2D eigenvalue weighted by atomic mass is 35.5. The van der Waals surface area contributed by atoms with E-state index in [0.29, 0.717) is 35.1 Å². The summed E-state index contributed by atoms with van der Waals surface area (Å²) in [6, 6.07) is 3.42. The van der Waals surface area contributed by atoms with Crippen LogP contribution >= 0.6 is 11.6 Å². The molecule has 0 bridgehead atoms. The number of benzene rings is 1. The van der Waals surface area contributed by atoms with Gasteiger partial charge in [-0.2, -0.15) is 5.10 Å². The molecule has 1 aromatic heterocycles. The fourth-order valence-electron chi connectivity index (χ4n) is 3.38. The summed E-state index contributed by atoms with van der Waals surface area (Å²) in [7, 11) is 3.23. The highest BCUT2D eigenvalue weighted by Crippen LogP contribution is 2.32. The number of aryl methyl sites for hydroxylation is 2. The third-order valence-corrected chi connectivity index (χ3v) is 5.20. The maximum absolute atomic E-state index is 13.1. The monoisotopic (exact) mass is 434 g/mol. The number of rotatable bonds is 3. The highest BCUT2D eigenvalue weighted by molar-refractivity contribution is 6.31. The fourth-order valence-corrected chi connectivity index (χ4v) is 3.53. The molecule has 2 heterocycles. The molecule has 162 valence electrons. The summed E-state index contributed by atoms with van der Waals surface area (Å²) >= 11 is 6.16. The summed E-state index contributed by atoms with van der Waals surface area (Å²) in [6.45, 7) is 8.07. The van der Waals surface area contributed by atoms with E-state index in [1.54, 1.807) is 28.8 Å². The molecule has 8 nitrogen and oxygen atoms in total. The van der Waals surface area contributed by atoms with E-state index in [1.165, 1.54) is 7.11 Å². The van der Waals surface area contributed by atoms with Crippen LogP contribution in [0.5, 0.6) is 5.75 Å². The molecule has 0 unspecified atom stereocenters. The topological polar surface area (TPSA) is 85.7 Å². The van der Waals surface area contributed by atoms with Crippen molar-refractivity contribution in [3.63, 3.8) is 0 Å². The quantitative estimate of drug-likeness (QED) is 0.790. The van der Waals surface area contributed by atoms with Crippen molar-refractivity contribution in [1.29, 1.82) is 0 Å². The Morgan fingerprint density at radius 1 is 1.27 bits per heavy atom. The molecule has 0 saturated carbocycles. The van der Waals surface area contributed by atoms with Crippen LogP contribution in [0.1, 0.15) is 48.1 Å². The van der Waals surface area contributed by atoms with Crippen molar-refractivity contribution >= 4 is 29.3 Å². The van der Waals surface area contributed by atoms with Crippen LogP contribution < -0.4 is 10.1 Å². The number of halogens is 1. The highest BCUT2D eigenvalue weighted by Gasteiger charge is 2.31. The van der Waals surface area contributed by atoms with Gasteiger partial charge in [0.25, 0.3) is 5.91 Å². The second kappa shape index (κ2) is 8.18. The third kappa shape index (κ3) is 4.53. The number of amides is 2. The Morgan fingerprint density at radius 3 is 2.60 bits per heavy atom. The molecule has 1 N–H and O–H groups in total. The van der Waals surface area contributed by atoms with Gasteiger partial charge >= 0.3 is 6.09 Å². The Balaban J connectivity index is 1.87. The minimum absolute atomic E-state index is 0.262. The van der Waals surface area contributed by atoms with Gasteiger partial charge in [0.2, 0.25) is 0 Å². The van der Waals surface area contributed by atoms with Gasteiger partial charge in [0, 0.05) is 36.7 Å². The van der Waals surface area contributed by atoms with Gasteiger partial charge in [-0.3, -0.25) is 9.48 Å². The number of nitrogens with one attached hydrogen (secondary N) is 1. The van der Waals surface area contributed by atoms with Crippen LogP contribution in [-0.4, -0.2) is 45.9 Å². The van der Waals surface area contributed by atoms with E-state index < -0.39 is 11.7 Å². The summed E-state index contributed by atoms with van der Waals surface area (Å²) in [6.07, 6.45) is 0.150. The van der Waals surface area contributed by atoms with E-state index in [9.17, 15) is 9.59 Å². The predicted molar refractivity (Wildman–Crippen MR) is 114 cm³/mol. The standard InChI is InChI=1S/C21H27ClN4O4/c1-12-9-16(17(29-6)10-14(12)22)23-19(27)18-13-11-26(20(28)30-21(2,3)4)8-7-15(13)24-25(18)5/h9-10H,7-8,11H2,1-6H3,(H,23,27). The van der Waals surface area contributed by atoms with Gasteiger partial charge in [-0.1, -0.05) is 11.6 Å². The number of aromatic nitrogens is 2. The van der Waals surface area contributed by atoms with Crippen LogP contribution in [0.3, 0.4) is 0 Å². The zero-order valence-electron chi connectivity index (χ0n) is 18.1. The van der Waals surface area contributed by atoms with Crippen LogP contribution in [0, 0.1) is 6.92 Å². The van der Waals surface area contributed by atoms with E-state index in [0.717, 1.165) is 16.8 Å². The smallest absolute Gasteiger partial charge is 0.410 e. The lowest BCUT2D eigenvalue weighted by Crippen LogP contribution is -2.40. The Kier molecular flexibility index (Phi) is 5.99. The number of nitrogens with zero attached hydrogens (tertiary/aromatic N) is 3. The lowest BCUT2D eigenvalue weighted by Gasteiger charge is -2.29. The van der Waals surface area contributed by atoms with Crippen molar-refractivity contribution < 1.29 is 19.1 Å². The first-order valence-corrected chi connectivity index (χ1v) is 10.1. The molecule has 0 spiro atoms. The van der Waals surface area contributed by atoms with E-state index >= 15 is 0 Å². The van der Waals surface area contributed by atoms with Crippen molar-refractivity contribution in [2.45, 2.75) is 46.3 Å². The molecular formula is C21H27ClN4O4. The molecule has 30 heavy (non-hydrogen) atoms. The molecule has 1 aromatic carbocycles.